The van der Waals surface area contributed by atoms with Crippen LogP contribution in [0.4, 0.5) is 18.9 Å². The molecule has 1 N–H and O–H groups in total. The van der Waals surface area contributed by atoms with Crippen LogP contribution in [0.1, 0.15) is 53.7 Å². The fourth-order valence-corrected chi connectivity index (χ4v) is 5.92. The van der Waals surface area contributed by atoms with Crippen molar-refractivity contribution in [3.05, 3.63) is 53.3 Å². The summed E-state index contributed by atoms with van der Waals surface area (Å²) in [4.78, 5) is 34.8. The first-order chi connectivity index (χ1) is 19.3. The van der Waals surface area contributed by atoms with E-state index in [1.165, 1.54) is 24.1 Å². The molecule has 0 aliphatic carbocycles. The topological polar surface area (TPSA) is 86.2 Å². The lowest BCUT2D eigenvalue weighted by molar-refractivity contribution is -0.262. The number of nitrogens with zero attached hydrogens (tertiary/aromatic N) is 4. The SMILES string of the molecule is COc1cccc([C@](O)(C(=O)N2CCC(CC3CCN(c4cnc(C(=O)N(C)C)c(C)c4)CC3)CC2)C(F)(F)F)c1. The Hall–Kier alpha value is -3.34. The molecule has 0 saturated carbocycles. The highest BCUT2D eigenvalue weighted by Gasteiger charge is 2.62. The van der Waals surface area contributed by atoms with E-state index in [1.54, 1.807) is 20.3 Å². The van der Waals surface area contributed by atoms with Crippen molar-refractivity contribution in [2.75, 3.05) is 52.3 Å². The van der Waals surface area contributed by atoms with Crippen LogP contribution in [0.5, 0.6) is 5.75 Å². The number of anilines is 1. The van der Waals surface area contributed by atoms with Crippen molar-refractivity contribution < 1.29 is 32.6 Å². The van der Waals surface area contributed by atoms with Gasteiger partial charge in [0.05, 0.1) is 19.0 Å². The van der Waals surface area contributed by atoms with Crippen molar-refractivity contribution in [2.24, 2.45) is 11.8 Å². The molecule has 2 saturated heterocycles. The van der Waals surface area contributed by atoms with Gasteiger partial charge in [-0.3, -0.25) is 9.59 Å². The molecule has 3 heterocycles. The molecule has 1 aromatic heterocycles. The van der Waals surface area contributed by atoms with Gasteiger partial charge in [0, 0.05) is 45.8 Å². The summed E-state index contributed by atoms with van der Waals surface area (Å²) in [7, 11) is 4.72. The number of hydrogen-bond donors (Lipinski definition) is 1. The highest BCUT2D eigenvalue weighted by molar-refractivity contribution is 5.93. The van der Waals surface area contributed by atoms with Gasteiger partial charge < -0.3 is 24.5 Å². The number of alkyl halides is 3. The minimum Gasteiger partial charge on any atom is -0.497 e. The second-order valence-corrected chi connectivity index (χ2v) is 11.4. The van der Waals surface area contributed by atoms with E-state index in [2.05, 4.69) is 9.88 Å². The minimum absolute atomic E-state index is 0.121. The van der Waals surface area contributed by atoms with Crippen LogP contribution in [0.3, 0.4) is 0 Å². The molecule has 2 aliphatic rings. The normalized spacial score (nSPS) is 18.6. The number of aliphatic hydroxyl groups is 1. The molecule has 2 aromatic rings. The van der Waals surface area contributed by atoms with Gasteiger partial charge in [-0.05, 0) is 74.6 Å². The molecular weight excluding hydrogens is 537 g/mol. The average molecular weight is 577 g/mol. The summed E-state index contributed by atoms with van der Waals surface area (Å²) >= 11 is 0. The lowest BCUT2D eigenvalue weighted by Crippen LogP contribution is -2.57. The van der Waals surface area contributed by atoms with E-state index in [4.69, 9.17) is 4.74 Å². The molecule has 41 heavy (non-hydrogen) atoms. The number of rotatable bonds is 7. The molecule has 0 spiro atoms. The van der Waals surface area contributed by atoms with Gasteiger partial charge in [0.15, 0.2) is 0 Å². The van der Waals surface area contributed by atoms with E-state index >= 15 is 0 Å². The number of carbonyl (C=O) groups excluding carboxylic acids is 2. The smallest absolute Gasteiger partial charge is 0.430 e. The Morgan fingerprint density at radius 2 is 1.66 bits per heavy atom. The monoisotopic (exact) mass is 576 g/mol. The molecular formula is C30H39F3N4O4. The number of piperidine rings is 2. The number of ether oxygens (including phenoxy) is 1. The molecule has 2 aliphatic heterocycles. The van der Waals surface area contributed by atoms with Gasteiger partial charge in [-0.1, -0.05) is 12.1 Å². The fraction of sp³-hybridized carbons (Fsp3) is 0.567. The third-order valence-electron chi connectivity index (χ3n) is 8.43. The maximum absolute atomic E-state index is 14.1. The molecule has 0 unspecified atom stereocenters. The number of halogens is 3. The lowest BCUT2D eigenvalue weighted by Gasteiger charge is -2.40. The number of pyridine rings is 1. The predicted molar refractivity (Wildman–Crippen MR) is 149 cm³/mol. The van der Waals surface area contributed by atoms with E-state index in [9.17, 15) is 27.9 Å². The Morgan fingerprint density at radius 1 is 1.05 bits per heavy atom. The molecule has 1 atom stereocenters. The van der Waals surface area contributed by atoms with E-state index in [0.29, 0.717) is 30.4 Å². The Labute approximate surface area is 239 Å². The van der Waals surface area contributed by atoms with Crippen LogP contribution in [0.2, 0.25) is 0 Å². The van der Waals surface area contributed by atoms with Crippen LogP contribution >= 0.6 is 0 Å². The van der Waals surface area contributed by atoms with Crippen molar-refractivity contribution >= 4 is 17.5 Å². The van der Waals surface area contributed by atoms with Gasteiger partial charge in [-0.15, -0.1) is 0 Å². The van der Waals surface area contributed by atoms with E-state index in [1.807, 2.05) is 13.0 Å². The van der Waals surface area contributed by atoms with Gasteiger partial charge in [-0.2, -0.15) is 13.2 Å². The second kappa shape index (κ2) is 12.3. The van der Waals surface area contributed by atoms with Crippen molar-refractivity contribution in [3.8, 4) is 5.75 Å². The quantitative estimate of drug-likeness (QED) is 0.526. The summed E-state index contributed by atoms with van der Waals surface area (Å²) in [6, 6.07) is 6.95. The van der Waals surface area contributed by atoms with Gasteiger partial charge in [0.2, 0.25) is 0 Å². The molecule has 11 heteroatoms. The second-order valence-electron chi connectivity index (χ2n) is 11.4. The third-order valence-corrected chi connectivity index (χ3v) is 8.43. The Kier molecular flexibility index (Phi) is 9.16. The molecule has 8 nitrogen and oxygen atoms in total. The molecule has 0 radical (unpaired) electrons. The summed E-state index contributed by atoms with van der Waals surface area (Å²) in [6.45, 7) is 3.97. The van der Waals surface area contributed by atoms with Gasteiger partial charge in [0.1, 0.15) is 11.4 Å². The first kappa shape index (κ1) is 30.6. The van der Waals surface area contributed by atoms with Crippen LogP contribution in [0, 0.1) is 18.8 Å². The van der Waals surface area contributed by atoms with Crippen molar-refractivity contribution in [3.63, 3.8) is 0 Å². The average Bonchev–Trinajstić information content (AvgIpc) is 2.96. The van der Waals surface area contributed by atoms with E-state index in [0.717, 1.165) is 60.6 Å². The number of aromatic nitrogens is 1. The molecule has 1 aromatic carbocycles. The number of amides is 2. The van der Waals surface area contributed by atoms with Gasteiger partial charge >= 0.3 is 6.18 Å². The fourth-order valence-electron chi connectivity index (χ4n) is 5.92. The number of methoxy groups -OCH3 is 1. The summed E-state index contributed by atoms with van der Waals surface area (Å²) in [5.41, 5.74) is -1.89. The molecule has 2 fully saturated rings. The zero-order valence-corrected chi connectivity index (χ0v) is 24.1. The first-order valence-corrected chi connectivity index (χ1v) is 14.0. The van der Waals surface area contributed by atoms with Crippen LogP contribution in [0.25, 0.3) is 0 Å². The van der Waals surface area contributed by atoms with E-state index in [-0.39, 0.29) is 24.7 Å². The third kappa shape index (κ3) is 6.45. The number of aryl methyl sites for hydroxylation is 1. The molecule has 0 bridgehead atoms. The van der Waals surface area contributed by atoms with Crippen LogP contribution in [0.15, 0.2) is 36.5 Å². The van der Waals surface area contributed by atoms with E-state index < -0.39 is 23.2 Å². The Bertz CT molecular complexity index is 1240. The summed E-state index contributed by atoms with van der Waals surface area (Å²) in [6.07, 6.45) is 0.705. The largest absolute Gasteiger partial charge is 0.497 e. The standard InChI is InChI=1S/C30H39F3N4O4/c1-20-16-24(19-34-26(20)27(38)35(2)3)36-12-8-21(9-13-36)17-22-10-14-37(15-11-22)28(39)29(40,30(31,32)33)23-6-5-7-25(18-23)41-4/h5-7,16,18-19,21-22,40H,8-15,17H2,1-4H3/t29-/m0/s1. The lowest BCUT2D eigenvalue weighted by atomic mass is 9.82. The Balaban J connectivity index is 1.31. The highest BCUT2D eigenvalue weighted by atomic mass is 19.4. The predicted octanol–water partition coefficient (Wildman–Crippen LogP) is 4.40. The number of benzene rings is 1. The Morgan fingerprint density at radius 3 is 2.20 bits per heavy atom. The summed E-state index contributed by atoms with van der Waals surface area (Å²) < 4.78 is 47.4. The summed E-state index contributed by atoms with van der Waals surface area (Å²) in [5, 5.41) is 10.8. The molecule has 224 valence electrons. The zero-order valence-electron chi connectivity index (χ0n) is 24.1. The van der Waals surface area contributed by atoms with Crippen LogP contribution in [-0.4, -0.2) is 85.3 Å². The zero-order chi connectivity index (χ0) is 29.9. The first-order valence-electron chi connectivity index (χ1n) is 14.0. The highest BCUT2D eigenvalue weighted by Crippen LogP contribution is 2.42. The van der Waals surface area contributed by atoms with Gasteiger partial charge in [-0.25, -0.2) is 4.98 Å². The van der Waals surface area contributed by atoms with Crippen molar-refractivity contribution in [2.45, 2.75) is 50.8 Å². The number of hydrogen-bond acceptors (Lipinski definition) is 6. The van der Waals surface area contributed by atoms with Crippen LogP contribution in [-0.2, 0) is 10.4 Å². The molecule has 2 amide bonds. The number of likely N-dealkylation sites (tertiary alicyclic amines) is 1. The molecule has 4 rings (SSSR count). The summed E-state index contributed by atoms with van der Waals surface area (Å²) in [5.74, 6) is -0.528. The van der Waals surface area contributed by atoms with Crippen molar-refractivity contribution in [1.82, 2.24) is 14.8 Å². The van der Waals surface area contributed by atoms with Gasteiger partial charge in [0.25, 0.3) is 17.4 Å². The minimum atomic E-state index is -5.18. The van der Waals surface area contributed by atoms with Crippen molar-refractivity contribution in [1.29, 1.82) is 0 Å². The van der Waals surface area contributed by atoms with Crippen LogP contribution < -0.4 is 9.64 Å². The number of carbonyl (C=O) groups is 2. The maximum atomic E-state index is 14.1. The maximum Gasteiger partial charge on any atom is 0.430 e.